The fourth-order valence-corrected chi connectivity index (χ4v) is 6.43. The standard InChI is InChI=1S/C16H22N2O4S/c1-11-3-4-13(12(2)9-11)23(21,22)14-16(5-7-17-8-6-16)10-18(14)15(19)20/h3-4,9,14,17H,5-8,10H2,1-2H3,(H,19,20). The molecule has 1 atom stereocenters. The van der Waals surface area contributed by atoms with Gasteiger partial charge in [0.2, 0.25) is 0 Å². The predicted molar refractivity (Wildman–Crippen MR) is 86.2 cm³/mol. The molecule has 3 rings (SSSR count). The molecule has 0 aliphatic carbocycles. The van der Waals surface area contributed by atoms with Gasteiger partial charge in [-0.2, -0.15) is 0 Å². The highest BCUT2D eigenvalue weighted by atomic mass is 32.2. The Labute approximate surface area is 136 Å². The van der Waals surface area contributed by atoms with Crippen molar-refractivity contribution in [3.63, 3.8) is 0 Å². The van der Waals surface area contributed by atoms with Crippen LogP contribution in [0.1, 0.15) is 24.0 Å². The molecule has 2 fully saturated rings. The molecule has 1 amide bonds. The normalized spacial score (nSPS) is 23.6. The fourth-order valence-electron chi connectivity index (χ4n) is 3.95. The van der Waals surface area contributed by atoms with Crippen molar-refractivity contribution in [2.75, 3.05) is 19.6 Å². The van der Waals surface area contributed by atoms with Gasteiger partial charge in [-0.25, -0.2) is 13.2 Å². The van der Waals surface area contributed by atoms with Crippen LogP contribution >= 0.6 is 0 Å². The monoisotopic (exact) mass is 338 g/mol. The first-order valence-corrected chi connectivity index (χ1v) is 9.34. The molecule has 7 heteroatoms. The summed E-state index contributed by atoms with van der Waals surface area (Å²) < 4.78 is 26.4. The molecule has 2 aliphatic rings. The molecule has 0 saturated carbocycles. The van der Waals surface area contributed by atoms with E-state index in [1.807, 2.05) is 13.0 Å². The molecule has 2 aliphatic heterocycles. The van der Waals surface area contributed by atoms with Gasteiger partial charge in [-0.3, -0.25) is 4.90 Å². The van der Waals surface area contributed by atoms with E-state index in [-0.39, 0.29) is 4.90 Å². The van der Waals surface area contributed by atoms with E-state index in [2.05, 4.69) is 5.32 Å². The number of nitrogens with one attached hydrogen (secondary N) is 1. The lowest BCUT2D eigenvalue weighted by molar-refractivity contribution is -0.0345. The van der Waals surface area contributed by atoms with Gasteiger partial charge in [-0.15, -0.1) is 0 Å². The number of amides is 1. The number of hydrogen-bond donors (Lipinski definition) is 2. The zero-order chi connectivity index (χ0) is 16.8. The van der Waals surface area contributed by atoms with Crippen LogP contribution in [0.4, 0.5) is 4.79 Å². The molecule has 0 aromatic heterocycles. The van der Waals surface area contributed by atoms with Gasteiger partial charge in [0.05, 0.1) is 4.90 Å². The van der Waals surface area contributed by atoms with Gasteiger partial charge < -0.3 is 10.4 Å². The summed E-state index contributed by atoms with van der Waals surface area (Å²) in [6, 6.07) is 5.19. The number of piperidine rings is 1. The van der Waals surface area contributed by atoms with Gasteiger partial charge in [0.15, 0.2) is 9.84 Å². The number of aryl methyl sites for hydroxylation is 2. The first-order chi connectivity index (χ1) is 10.8. The SMILES string of the molecule is Cc1ccc(S(=O)(=O)C2N(C(=O)O)CC23CCNCC3)c(C)c1. The molecule has 6 nitrogen and oxygen atoms in total. The van der Waals surface area contributed by atoms with E-state index < -0.39 is 26.7 Å². The van der Waals surface area contributed by atoms with Crippen molar-refractivity contribution in [2.45, 2.75) is 37.0 Å². The van der Waals surface area contributed by atoms with Gasteiger partial charge in [-0.05, 0) is 51.4 Å². The minimum absolute atomic E-state index is 0.247. The highest BCUT2D eigenvalue weighted by Crippen LogP contribution is 2.49. The molecule has 1 aromatic rings. The van der Waals surface area contributed by atoms with Gasteiger partial charge in [-0.1, -0.05) is 17.7 Å². The Morgan fingerprint density at radius 1 is 1.30 bits per heavy atom. The van der Waals surface area contributed by atoms with Crippen LogP contribution in [0.15, 0.2) is 23.1 Å². The number of carboxylic acid groups (broad SMARTS) is 1. The van der Waals surface area contributed by atoms with E-state index in [1.165, 1.54) is 0 Å². The van der Waals surface area contributed by atoms with Crippen molar-refractivity contribution in [3.05, 3.63) is 29.3 Å². The third kappa shape index (κ3) is 2.52. The molecule has 1 spiro atoms. The maximum absolute atomic E-state index is 13.2. The van der Waals surface area contributed by atoms with Crippen molar-refractivity contribution in [3.8, 4) is 0 Å². The summed E-state index contributed by atoms with van der Waals surface area (Å²) in [5, 5.41) is 11.6. The first kappa shape index (κ1) is 16.3. The average Bonchev–Trinajstić information content (AvgIpc) is 2.44. The largest absolute Gasteiger partial charge is 0.465 e. The maximum Gasteiger partial charge on any atom is 0.408 e. The molecule has 1 aromatic carbocycles. The van der Waals surface area contributed by atoms with Gasteiger partial charge in [0, 0.05) is 12.0 Å². The quantitative estimate of drug-likeness (QED) is 0.858. The third-order valence-electron chi connectivity index (χ3n) is 5.07. The highest BCUT2D eigenvalue weighted by molar-refractivity contribution is 7.92. The van der Waals surface area contributed by atoms with E-state index in [9.17, 15) is 18.3 Å². The maximum atomic E-state index is 13.2. The second kappa shape index (κ2) is 5.49. The van der Waals surface area contributed by atoms with Gasteiger partial charge in [0.1, 0.15) is 5.37 Å². The van der Waals surface area contributed by atoms with Crippen molar-refractivity contribution < 1.29 is 18.3 Å². The predicted octanol–water partition coefficient (Wildman–Crippen LogP) is 1.77. The number of benzene rings is 1. The Bertz CT molecular complexity index is 738. The summed E-state index contributed by atoms with van der Waals surface area (Å²) in [4.78, 5) is 12.8. The van der Waals surface area contributed by atoms with Gasteiger partial charge in [0.25, 0.3) is 0 Å². The Morgan fingerprint density at radius 3 is 2.52 bits per heavy atom. The topological polar surface area (TPSA) is 86.7 Å². The lowest BCUT2D eigenvalue weighted by Crippen LogP contribution is -2.70. The minimum atomic E-state index is -3.73. The smallest absolute Gasteiger partial charge is 0.408 e. The van der Waals surface area contributed by atoms with E-state index in [1.54, 1.807) is 19.1 Å². The first-order valence-electron chi connectivity index (χ1n) is 7.79. The number of sulfone groups is 1. The van der Waals surface area contributed by atoms with E-state index >= 15 is 0 Å². The summed E-state index contributed by atoms with van der Waals surface area (Å²) in [7, 11) is -3.73. The zero-order valence-electron chi connectivity index (χ0n) is 13.4. The minimum Gasteiger partial charge on any atom is -0.465 e. The van der Waals surface area contributed by atoms with E-state index in [0.717, 1.165) is 23.6 Å². The molecule has 2 heterocycles. The Kier molecular flexibility index (Phi) is 3.88. The summed E-state index contributed by atoms with van der Waals surface area (Å²) in [6.07, 6.45) is 0.212. The number of rotatable bonds is 2. The molecular formula is C16H22N2O4S. The summed E-state index contributed by atoms with van der Waals surface area (Å²) in [5.41, 5.74) is 1.20. The fraction of sp³-hybridized carbons (Fsp3) is 0.562. The van der Waals surface area contributed by atoms with Gasteiger partial charge >= 0.3 is 6.09 Å². The van der Waals surface area contributed by atoms with Crippen LogP contribution < -0.4 is 5.32 Å². The molecule has 2 saturated heterocycles. The summed E-state index contributed by atoms with van der Waals surface area (Å²) in [5.74, 6) is 0. The van der Waals surface area contributed by atoms with Crippen LogP contribution in [-0.4, -0.2) is 49.5 Å². The van der Waals surface area contributed by atoms with Crippen LogP contribution in [-0.2, 0) is 9.84 Å². The Hall–Kier alpha value is -1.60. The molecule has 1 unspecified atom stereocenters. The molecular weight excluding hydrogens is 316 g/mol. The van der Waals surface area contributed by atoms with Crippen molar-refractivity contribution in [2.24, 2.45) is 5.41 Å². The Morgan fingerprint density at radius 2 is 1.96 bits per heavy atom. The van der Waals surface area contributed by atoms with Crippen molar-refractivity contribution in [1.29, 1.82) is 0 Å². The number of likely N-dealkylation sites (tertiary alicyclic amines) is 1. The average molecular weight is 338 g/mol. The lowest BCUT2D eigenvalue weighted by atomic mass is 9.72. The van der Waals surface area contributed by atoms with Crippen LogP contribution in [0.3, 0.4) is 0 Å². The Balaban J connectivity index is 2.05. The summed E-state index contributed by atoms with van der Waals surface area (Å²) in [6.45, 7) is 5.43. The molecule has 126 valence electrons. The third-order valence-corrected chi connectivity index (χ3v) is 7.48. The van der Waals surface area contributed by atoms with E-state index in [4.69, 9.17) is 0 Å². The summed E-state index contributed by atoms with van der Waals surface area (Å²) >= 11 is 0. The second-order valence-corrected chi connectivity index (χ2v) is 8.67. The van der Waals surface area contributed by atoms with Crippen LogP contribution in [0.5, 0.6) is 0 Å². The van der Waals surface area contributed by atoms with Crippen LogP contribution in [0.2, 0.25) is 0 Å². The molecule has 0 bridgehead atoms. The molecule has 23 heavy (non-hydrogen) atoms. The molecule has 2 N–H and O–H groups in total. The zero-order valence-corrected chi connectivity index (χ0v) is 14.2. The number of hydrogen-bond acceptors (Lipinski definition) is 4. The second-order valence-electron chi connectivity index (χ2n) is 6.69. The van der Waals surface area contributed by atoms with Crippen molar-refractivity contribution in [1.82, 2.24) is 10.2 Å². The lowest BCUT2D eigenvalue weighted by Gasteiger charge is -2.57. The van der Waals surface area contributed by atoms with E-state index in [0.29, 0.717) is 24.9 Å². The van der Waals surface area contributed by atoms with Crippen molar-refractivity contribution >= 4 is 15.9 Å². The number of nitrogens with zero attached hydrogens (tertiary/aromatic N) is 1. The molecule has 0 radical (unpaired) electrons. The van der Waals surface area contributed by atoms with Crippen LogP contribution in [0.25, 0.3) is 0 Å². The van der Waals surface area contributed by atoms with Crippen LogP contribution in [0, 0.1) is 19.3 Å². The highest BCUT2D eigenvalue weighted by Gasteiger charge is 2.61. The number of carbonyl (C=O) groups is 1.